The summed E-state index contributed by atoms with van der Waals surface area (Å²) >= 11 is 4.84. The Balaban J connectivity index is 1.78. The van der Waals surface area contributed by atoms with Crippen molar-refractivity contribution in [1.82, 2.24) is 9.55 Å². The van der Waals surface area contributed by atoms with Gasteiger partial charge in [-0.1, -0.05) is 22.9 Å². The quantitative estimate of drug-likeness (QED) is 0.164. The average Bonchev–Trinajstić information content (AvgIpc) is 3.20. The lowest BCUT2D eigenvalue weighted by molar-refractivity contribution is -0.172. The molecule has 0 fully saturated rings. The maximum atomic E-state index is 14.7. The molecule has 0 radical (unpaired) electrons. The van der Waals surface area contributed by atoms with Gasteiger partial charge in [-0.05, 0) is 49.6 Å². The minimum atomic E-state index is -1.88. The topological polar surface area (TPSA) is 81.4 Å². The molecule has 0 amide bonds. The number of ether oxygens (including phenoxy) is 1. The van der Waals surface area contributed by atoms with Crippen LogP contribution in [0, 0.1) is 5.82 Å². The first-order chi connectivity index (χ1) is 16.3. The number of unbranched alkanes of at least 4 members (excludes halogenated alkanes) is 1. The number of aryl methyl sites for hydroxylation is 1. The molecule has 1 atom stereocenters. The van der Waals surface area contributed by atoms with Crippen LogP contribution in [-0.2, 0) is 34.7 Å². The van der Waals surface area contributed by atoms with E-state index in [1.165, 1.54) is 17.8 Å². The van der Waals surface area contributed by atoms with Gasteiger partial charge < -0.3 is 14.4 Å². The number of hydrogen-bond acceptors (Lipinski definition) is 6. The fourth-order valence-electron chi connectivity index (χ4n) is 5.00. The molecule has 4 heterocycles. The van der Waals surface area contributed by atoms with E-state index >= 15 is 0 Å². The summed E-state index contributed by atoms with van der Waals surface area (Å²) in [7, 11) is 0. The summed E-state index contributed by atoms with van der Waals surface area (Å²) in [5.74, 6) is -1.08. The van der Waals surface area contributed by atoms with E-state index in [1.807, 2.05) is 12.3 Å². The summed E-state index contributed by atoms with van der Waals surface area (Å²) in [5.41, 5.74) is 2.09. The predicted octanol–water partition coefficient (Wildman–Crippen LogP) is 4.66. The second-order valence-corrected chi connectivity index (χ2v) is 10.3. The van der Waals surface area contributed by atoms with E-state index in [2.05, 4.69) is 15.9 Å². The standard InChI is InChI=1S/C25H24BrFN2O4S/c1-3-25(32)17-9-20-22-15(11-29(20)23(30)16(17)12-33-24(25)31)13(6-4-5-7-26)14-8-21(34-2)18(27)10-19(14)28-22/h8-10,32H,3-7,11-12H2,1-2H3/t25-/m0/s1. The Labute approximate surface area is 208 Å². The molecule has 3 aromatic rings. The molecule has 5 rings (SSSR count). The molecule has 0 spiro atoms. The smallest absolute Gasteiger partial charge is 0.343 e. The lowest BCUT2D eigenvalue weighted by Gasteiger charge is -2.31. The summed E-state index contributed by atoms with van der Waals surface area (Å²) in [6.07, 6.45) is 4.62. The second-order valence-electron chi connectivity index (χ2n) is 8.67. The van der Waals surface area contributed by atoms with Gasteiger partial charge in [-0.2, -0.15) is 0 Å². The number of benzene rings is 1. The van der Waals surface area contributed by atoms with Crippen molar-refractivity contribution in [3.05, 3.63) is 56.6 Å². The molecular formula is C25H24BrFN2O4S. The third-order valence-corrected chi connectivity index (χ3v) is 8.20. The molecule has 34 heavy (non-hydrogen) atoms. The summed E-state index contributed by atoms with van der Waals surface area (Å²) < 4.78 is 21.5. The number of carbonyl (C=O) groups is 1. The summed E-state index contributed by atoms with van der Waals surface area (Å²) in [5, 5.41) is 12.9. The van der Waals surface area contributed by atoms with Crippen LogP contribution < -0.4 is 5.56 Å². The number of cyclic esters (lactones) is 1. The zero-order valence-corrected chi connectivity index (χ0v) is 21.3. The number of alkyl halides is 1. The van der Waals surface area contributed by atoms with E-state index in [0.29, 0.717) is 33.9 Å². The summed E-state index contributed by atoms with van der Waals surface area (Å²) in [6.45, 7) is 1.85. The average molecular weight is 547 g/mol. The molecule has 9 heteroatoms. The van der Waals surface area contributed by atoms with Crippen LogP contribution in [0.4, 0.5) is 4.39 Å². The zero-order chi connectivity index (χ0) is 24.2. The van der Waals surface area contributed by atoms with Gasteiger partial charge in [0.25, 0.3) is 5.56 Å². The van der Waals surface area contributed by atoms with Crippen LogP contribution >= 0.6 is 27.7 Å². The molecule has 1 aromatic carbocycles. The lowest BCUT2D eigenvalue weighted by Crippen LogP contribution is -2.44. The number of carbonyl (C=O) groups excluding carboxylic acids is 1. The number of hydrogen-bond donors (Lipinski definition) is 1. The van der Waals surface area contributed by atoms with Crippen LogP contribution in [-0.4, -0.2) is 32.2 Å². The van der Waals surface area contributed by atoms with Gasteiger partial charge in [0.15, 0.2) is 5.60 Å². The third-order valence-electron chi connectivity index (χ3n) is 6.89. The van der Waals surface area contributed by atoms with Crippen LogP contribution in [0.5, 0.6) is 0 Å². The van der Waals surface area contributed by atoms with Crippen molar-refractivity contribution in [2.45, 2.75) is 56.3 Å². The lowest BCUT2D eigenvalue weighted by atomic mass is 9.86. The van der Waals surface area contributed by atoms with Gasteiger partial charge in [0.2, 0.25) is 0 Å². The van der Waals surface area contributed by atoms with Gasteiger partial charge in [-0.15, -0.1) is 11.8 Å². The Morgan fingerprint density at radius 2 is 2.06 bits per heavy atom. The van der Waals surface area contributed by atoms with Crippen molar-refractivity contribution in [2.75, 3.05) is 11.6 Å². The van der Waals surface area contributed by atoms with Gasteiger partial charge in [-0.25, -0.2) is 14.2 Å². The highest BCUT2D eigenvalue weighted by Gasteiger charge is 2.45. The Morgan fingerprint density at radius 1 is 1.26 bits per heavy atom. The molecule has 2 aromatic heterocycles. The Hall–Kier alpha value is -2.23. The van der Waals surface area contributed by atoms with Crippen LogP contribution in [0.3, 0.4) is 0 Å². The molecule has 0 aliphatic carbocycles. The fourth-order valence-corrected chi connectivity index (χ4v) is 5.89. The first-order valence-electron chi connectivity index (χ1n) is 11.3. The van der Waals surface area contributed by atoms with E-state index < -0.39 is 11.6 Å². The van der Waals surface area contributed by atoms with E-state index in [9.17, 15) is 19.1 Å². The molecule has 2 aliphatic heterocycles. The number of fused-ring (bicyclic) bond motifs is 5. The molecule has 6 nitrogen and oxygen atoms in total. The highest BCUT2D eigenvalue weighted by Crippen LogP contribution is 2.41. The minimum absolute atomic E-state index is 0.0835. The van der Waals surface area contributed by atoms with E-state index in [1.54, 1.807) is 17.6 Å². The maximum absolute atomic E-state index is 14.7. The largest absolute Gasteiger partial charge is 0.458 e. The predicted molar refractivity (Wildman–Crippen MR) is 133 cm³/mol. The first-order valence-corrected chi connectivity index (χ1v) is 13.6. The Bertz CT molecular complexity index is 1410. The summed E-state index contributed by atoms with van der Waals surface area (Å²) in [6, 6.07) is 5.00. The van der Waals surface area contributed by atoms with Crippen molar-refractivity contribution >= 4 is 44.6 Å². The fraction of sp³-hybridized carbons (Fsp3) is 0.400. The van der Waals surface area contributed by atoms with Crippen LogP contribution in [0.1, 0.15) is 48.4 Å². The minimum Gasteiger partial charge on any atom is -0.458 e. The zero-order valence-electron chi connectivity index (χ0n) is 18.9. The molecule has 0 saturated heterocycles. The highest BCUT2D eigenvalue weighted by atomic mass is 79.9. The summed E-state index contributed by atoms with van der Waals surface area (Å²) in [4.78, 5) is 31.2. The number of pyridine rings is 2. The molecule has 178 valence electrons. The van der Waals surface area contributed by atoms with Gasteiger partial charge in [0.05, 0.1) is 29.0 Å². The number of thioether (sulfide) groups is 1. The molecule has 2 aliphatic rings. The molecule has 1 N–H and O–H groups in total. The van der Waals surface area contributed by atoms with Crippen molar-refractivity contribution in [3.63, 3.8) is 0 Å². The van der Waals surface area contributed by atoms with Gasteiger partial charge in [-0.3, -0.25) is 4.79 Å². The maximum Gasteiger partial charge on any atom is 0.343 e. The molecule has 0 bridgehead atoms. The number of aliphatic hydroxyl groups is 1. The molecule has 0 saturated carbocycles. The van der Waals surface area contributed by atoms with Gasteiger partial charge >= 0.3 is 5.97 Å². The number of nitrogens with zero attached hydrogens (tertiary/aromatic N) is 2. The number of halogens is 2. The Kier molecular flexibility index (Phi) is 6.06. The van der Waals surface area contributed by atoms with Crippen molar-refractivity contribution in [3.8, 4) is 11.4 Å². The Morgan fingerprint density at radius 3 is 2.76 bits per heavy atom. The number of aromatic nitrogens is 2. The van der Waals surface area contributed by atoms with Crippen molar-refractivity contribution < 1.29 is 19.0 Å². The second kappa shape index (κ2) is 8.77. The SMILES string of the molecule is CC[C@@]1(O)C(=O)OCc2c1cc1n(c2=O)Cc2c-1nc1cc(F)c(SC)cc1c2CCCCBr. The van der Waals surface area contributed by atoms with Gasteiger partial charge in [0, 0.05) is 32.8 Å². The third kappa shape index (κ3) is 3.43. The molecular weight excluding hydrogens is 523 g/mol. The van der Waals surface area contributed by atoms with Crippen LogP contribution in [0.25, 0.3) is 22.3 Å². The number of esters is 1. The van der Waals surface area contributed by atoms with E-state index in [4.69, 9.17) is 9.72 Å². The van der Waals surface area contributed by atoms with Crippen LogP contribution in [0.15, 0.2) is 27.9 Å². The van der Waals surface area contributed by atoms with E-state index in [0.717, 1.165) is 41.1 Å². The van der Waals surface area contributed by atoms with Gasteiger partial charge in [0.1, 0.15) is 12.4 Å². The first kappa shape index (κ1) is 23.5. The monoisotopic (exact) mass is 546 g/mol. The highest BCUT2D eigenvalue weighted by molar-refractivity contribution is 9.09. The van der Waals surface area contributed by atoms with E-state index in [-0.39, 0.29) is 30.0 Å². The number of rotatable bonds is 6. The van der Waals surface area contributed by atoms with Crippen molar-refractivity contribution in [2.24, 2.45) is 0 Å². The molecule has 0 unspecified atom stereocenters. The van der Waals surface area contributed by atoms with Crippen LogP contribution in [0.2, 0.25) is 0 Å². The van der Waals surface area contributed by atoms with Crippen molar-refractivity contribution in [1.29, 1.82) is 0 Å². The normalized spacial score (nSPS) is 18.6.